The van der Waals surface area contributed by atoms with Crippen LogP contribution in [0.25, 0.3) is 0 Å². The predicted octanol–water partition coefficient (Wildman–Crippen LogP) is 4.23. The van der Waals surface area contributed by atoms with Gasteiger partial charge in [0.05, 0.1) is 5.60 Å². The van der Waals surface area contributed by atoms with Gasteiger partial charge in [0.25, 0.3) is 0 Å². The second-order valence-electron chi connectivity index (χ2n) is 5.41. The molecule has 1 fully saturated rings. The average molecular weight is 257 g/mol. The van der Waals surface area contributed by atoms with Gasteiger partial charge in [0, 0.05) is 11.6 Å². The smallest absolute Gasteiger partial charge is 0.127 e. The Hall–Kier alpha value is -0.600. The predicted molar refractivity (Wildman–Crippen MR) is 67.9 cm³/mol. The molecule has 1 aromatic carbocycles. The standard InChI is InChI=1S/C14H18ClFO/c1-14(2)9-10(5-6-17-14)7-11-3-4-12(15)8-13(11)16/h3-4,8,10H,5-7,9H2,1-2H3. The van der Waals surface area contributed by atoms with Crippen molar-refractivity contribution in [1.29, 1.82) is 0 Å². The zero-order valence-electron chi connectivity index (χ0n) is 10.3. The Bertz CT molecular complexity index is 403. The van der Waals surface area contributed by atoms with E-state index < -0.39 is 0 Å². The lowest BCUT2D eigenvalue weighted by molar-refractivity contribution is -0.0722. The third-order valence-electron chi connectivity index (χ3n) is 3.32. The molecule has 1 aromatic rings. The fraction of sp³-hybridized carbons (Fsp3) is 0.571. The van der Waals surface area contributed by atoms with Crippen LogP contribution in [-0.4, -0.2) is 12.2 Å². The number of hydrogen-bond acceptors (Lipinski definition) is 1. The summed E-state index contributed by atoms with van der Waals surface area (Å²) in [5, 5.41) is 0.457. The lowest BCUT2D eigenvalue weighted by atomic mass is 9.84. The molecule has 0 saturated carbocycles. The van der Waals surface area contributed by atoms with Gasteiger partial charge in [-0.2, -0.15) is 0 Å². The molecule has 0 bridgehead atoms. The number of halogens is 2. The van der Waals surface area contributed by atoms with Crippen molar-refractivity contribution in [2.45, 2.75) is 38.7 Å². The summed E-state index contributed by atoms with van der Waals surface area (Å²) in [4.78, 5) is 0. The van der Waals surface area contributed by atoms with Crippen LogP contribution in [0.4, 0.5) is 4.39 Å². The molecular weight excluding hydrogens is 239 g/mol. The van der Waals surface area contributed by atoms with E-state index in [1.165, 1.54) is 6.07 Å². The second kappa shape index (κ2) is 4.95. The Morgan fingerprint density at radius 1 is 1.47 bits per heavy atom. The fourth-order valence-corrected chi connectivity index (χ4v) is 2.69. The quantitative estimate of drug-likeness (QED) is 0.770. The Labute approximate surface area is 107 Å². The van der Waals surface area contributed by atoms with Gasteiger partial charge < -0.3 is 4.74 Å². The van der Waals surface area contributed by atoms with E-state index in [0.29, 0.717) is 10.9 Å². The van der Waals surface area contributed by atoms with Gasteiger partial charge in [0.15, 0.2) is 0 Å². The molecule has 0 spiro atoms. The molecule has 1 aliphatic heterocycles. The van der Waals surface area contributed by atoms with Crippen molar-refractivity contribution >= 4 is 11.6 Å². The van der Waals surface area contributed by atoms with Gasteiger partial charge in [0.1, 0.15) is 5.82 Å². The van der Waals surface area contributed by atoms with Crippen LogP contribution in [0.3, 0.4) is 0 Å². The molecule has 1 unspecified atom stereocenters. The number of ether oxygens (including phenoxy) is 1. The van der Waals surface area contributed by atoms with Crippen molar-refractivity contribution in [3.8, 4) is 0 Å². The van der Waals surface area contributed by atoms with E-state index in [-0.39, 0.29) is 11.4 Å². The molecule has 2 rings (SSSR count). The largest absolute Gasteiger partial charge is 0.376 e. The molecule has 0 radical (unpaired) electrons. The minimum absolute atomic E-state index is 0.0776. The highest BCUT2D eigenvalue weighted by Crippen LogP contribution is 2.31. The van der Waals surface area contributed by atoms with E-state index in [9.17, 15) is 4.39 Å². The average Bonchev–Trinajstić information content (AvgIpc) is 2.21. The maximum absolute atomic E-state index is 13.7. The topological polar surface area (TPSA) is 9.23 Å². The number of benzene rings is 1. The zero-order valence-corrected chi connectivity index (χ0v) is 11.1. The Kier molecular flexibility index (Phi) is 3.74. The van der Waals surface area contributed by atoms with Gasteiger partial charge in [-0.05, 0) is 56.7 Å². The molecule has 0 aromatic heterocycles. The molecule has 0 aliphatic carbocycles. The summed E-state index contributed by atoms with van der Waals surface area (Å²) in [6.07, 6.45) is 2.76. The highest BCUT2D eigenvalue weighted by Gasteiger charge is 2.29. The first-order valence-corrected chi connectivity index (χ1v) is 6.42. The minimum atomic E-state index is -0.193. The van der Waals surface area contributed by atoms with E-state index in [1.54, 1.807) is 12.1 Å². The summed E-state index contributed by atoms with van der Waals surface area (Å²) in [6.45, 7) is 4.96. The van der Waals surface area contributed by atoms with Crippen LogP contribution >= 0.6 is 11.6 Å². The maximum Gasteiger partial charge on any atom is 0.127 e. The molecule has 3 heteroatoms. The van der Waals surface area contributed by atoms with E-state index in [1.807, 2.05) is 0 Å². The van der Waals surface area contributed by atoms with Crippen molar-refractivity contribution < 1.29 is 9.13 Å². The molecule has 1 saturated heterocycles. The Morgan fingerprint density at radius 3 is 2.88 bits per heavy atom. The van der Waals surface area contributed by atoms with Gasteiger partial charge in [0.2, 0.25) is 0 Å². The highest BCUT2D eigenvalue weighted by molar-refractivity contribution is 6.30. The van der Waals surface area contributed by atoms with Gasteiger partial charge in [-0.15, -0.1) is 0 Å². The van der Waals surface area contributed by atoms with E-state index in [2.05, 4.69) is 13.8 Å². The third-order valence-corrected chi connectivity index (χ3v) is 3.56. The molecule has 0 N–H and O–H groups in total. The summed E-state index contributed by atoms with van der Waals surface area (Å²) in [5.74, 6) is 0.302. The number of rotatable bonds is 2. The molecule has 1 atom stereocenters. The van der Waals surface area contributed by atoms with Crippen LogP contribution in [0.2, 0.25) is 5.02 Å². The highest BCUT2D eigenvalue weighted by atomic mass is 35.5. The summed E-state index contributed by atoms with van der Waals surface area (Å²) in [7, 11) is 0. The van der Waals surface area contributed by atoms with Crippen LogP contribution in [-0.2, 0) is 11.2 Å². The third kappa shape index (κ3) is 3.43. The van der Waals surface area contributed by atoms with Crippen molar-refractivity contribution in [3.63, 3.8) is 0 Å². The summed E-state index contributed by atoms with van der Waals surface area (Å²) >= 11 is 5.75. The van der Waals surface area contributed by atoms with E-state index >= 15 is 0 Å². The molecule has 17 heavy (non-hydrogen) atoms. The van der Waals surface area contributed by atoms with Gasteiger partial charge in [-0.1, -0.05) is 17.7 Å². The normalized spacial score (nSPS) is 23.6. The van der Waals surface area contributed by atoms with E-state index in [0.717, 1.165) is 31.4 Å². The van der Waals surface area contributed by atoms with Crippen molar-refractivity contribution in [1.82, 2.24) is 0 Å². The zero-order chi connectivity index (χ0) is 12.5. The first-order chi connectivity index (χ1) is 7.96. The Morgan fingerprint density at radius 2 is 2.24 bits per heavy atom. The van der Waals surface area contributed by atoms with Crippen LogP contribution in [0, 0.1) is 11.7 Å². The summed E-state index contributed by atoms with van der Waals surface area (Å²) < 4.78 is 19.4. The number of hydrogen-bond donors (Lipinski definition) is 0. The monoisotopic (exact) mass is 256 g/mol. The lowest BCUT2D eigenvalue weighted by Crippen LogP contribution is -2.34. The van der Waals surface area contributed by atoms with E-state index in [4.69, 9.17) is 16.3 Å². The van der Waals surface area contributed by atoms with Crippen LogP contribution in [0.5, 0.6) is 0 Å². The molecule has 1 nitrogen and oxygen atoms in total. The SMILES string of the molecule is CC1(C)CC(Cc2ccc(Cl)cc2F)CCO1. The van der Waals surface area contributed by atoms with Crippen LogP contribution in [0.15, 0.2) is 18.2 Å². The molecule has 94 valence electrons. The van der Waals surface area contributed by atoms with Gasteiger partial charge in [-0.3, -0.25) is 0 Å². The minimum Gasteiger partial charge on any atom is -0.376 e. The molecule has 1 aliphatic rings. The molecular formula is C14H18ClFO. The maximum atomic E-state index is 13.7. The van der Waals surface area contributed by atoms with Crippen molar-refractivity contribution in [3.05, 3.63) is 34.6 Å². The first-order valence-electron chi connectivity index (χ1n) is 6.04. The lowest BCUT2D eigenvalue weighted by Gasteiger charge is -2.35. The Balaban J connectivity index is 2.05. The van der Waals surface area contributed by atoms with Crippen molar-refractivity contribution in [2.75, 3.05) is 6.61 Å². The van der Waals surface area contributed by atoms with Crippen LogP contribution < -0.4 is 0 Å². The fourth-order valence-electron chi connectivity index (χ4n) is 2.53. The molecule has 1 heterocycles. The van der Waals surface area contributed by atoms with Crippen LogP contribution in [0.1, 0.15) is 32.3 Å². The summed E-state index contributed by atoms with van der Waals surface area (Å²) in [6, 6.07) is 4.94. The summed E-state index contributed by atoms with van der Waals surface area (Å²) in [5.41, 5.74) is 0.684. The van der Waals surface area contributed by atoms with Gasteiger partial charge in [-0.25, -0.2) is 4.39 Å². The molecule has 0 amide bonds. The second-order valence-corrected chi connectivity index (χ2v) is 5.84. The van der Waals surface area contributed by atoms with Gasteiger partial charge >= 0.3 is 0 Å². The van der Waals surface area contributed by atoms with Crippen molar-refractivity contribution in [2.24, 2.45) is 5.92 Å². The first kappa shape index (κ1) is 12.8.